The maximum absolute atomic E-state index is 11.5. The molecule has 0 radical (unpaired) electrons. The maximum atomic E-state index is 11.5. The molecule has 0 spiro atoms. The fourth-order valence-corrected chi connectivity index (χ4v) is 3.47. The molecule has 0 atom stereocenters. The lowest BCUT2D eigenvalue weighted by atomic mass is 9.77. The molecule has 0 unspecified atom stereocenters. The number of imide groups is 2. The monoisotopic (exact) mass is 302 g/mol. The Bertz CT molecular complexity index is 556. The molecule has 0 saturated heterocycles. The van der Waals surface area contributed by atoms with Crippen LogP contribution in [0.3, 0.4) is 0 Å². The van der Waals surface area contributed by atoms with E-state index in [9.17, 15) is 19.2 Å². The van der Waals surface area contributed by atoms with Gasteiger partial charge in [0.15, 0.2) is 0 Å². The first-order chi connectivity index (χ1) is 10.5. The number of rotatable bonds is 4. The van der Waals surface area contributed by atoms with Crippen molar-refractivity contribution in [2.45, 2.75) is 38.5 Å². The normalized spacial score (nSPS) is 28.4. The molecule has 22 heavy (non-hydrogen) atoms. The van der Waals surface area contributed by atoms with Gasteiger partial charge in [-0.1, -0.05) is 0 Å². The Kier molecular flexibility index (Phi) is 3.92. The summed E-state index contributed by atoms with van der Waals surface area (Å²) >= 11 is 0. The molecule has 2 heterocycles. The second kappa shape index (κ2) is 5.87. The Hall–Kier alpha value is -2.24. The third-order valence-corrected chi connectivity index (χ3v) is 4.65. The lowest BCUT2D eigenvalue weighted by Gasteiger charge is -2.28. The highest BCUT2D eigenvalue weighted by molar-refractivity contribution is 6.16. The molecular weight excluding hydrogens is 284 g/mol. The van der Waals surface area contributed by atoms with Crippen LogP contribution < -0.4 is 10.6 Å². The van der Waals surface area contributed by atoms with Gasteiger partial charge >= 0.3 is 0 Å². The quantitative estimate of drug-likeness (QED) is 0.749. The second-order valence-electron chi connectivity index (χ2n) is 6.27. The van der Waals surface area contributed by atoms with Crippen LogP contribution in [0.15, 0.2) is 23.3 Å². The number of hydrogen-bond donors (Lipinski definition) is 2. The van der Waals surface area contributed by atoms with Gasteiger partial charge in [-0.2, -0.15) is 0 Å². The highest BCUT2D eigenvalue weighted by Crippen LogP contribution is 2.36. The van der Waals surface area contributed by atoms with E-state index in [4.69, 9.17) is 0 Å². The van der Waals surface area contributed by atoms with E-state index in [1.54, 1.807) is 0 Å². The smallest absolute Gasteiger partial charge is 0.254 e. The first-order valence-corrected chi connectivity index (χ1v) is 7.63. The van der Waals surface area contributed by atoms with Gasteiger partial charge in [0.2, 0.25) is 0 Å². The van der Waals surface area contributed by atoms with Crippen LogP contribution in [0.4, 0.5) is 0 Å². The molecule has 6 nitrogen and oxygen atoms in total. The molecule has 0 bridgehead atoms. The predicted molar refractivity (Wildman–Crippen MR) is 77.1 cm³/mol. The molecule has 116 valence electrons. The van der Waals surface area contributed by atoms with Gasteiger partial charge in [0.05, 0.1) is 0 Å². The molecule has 4 amide bonds. The summed E-state index contributed by atoms with van der Waals surface area (Å²) in [6, 6.07) is 0. The Morgan fingerprint density at radius 1 is 0.727 bits per heavy atom. The highest BCUT2D eigenvalue weighted by Gasteiger charge is 2.29. The van der Waals surface area contributed by atoms with Crippen LogP contribution in [-0.4, -0.2) is 23.6 Å². The van der Waals surface area contributed by atoms with Crippen LogP contribution in [0.2, 0.25) is 0 Å². The SMILES string of the molecule is O=C1C=C(CC2CCC(CC3=CC(=O)NC3=O)CC2)C(=O)N1. The number of carbonyl (C=O) groups is 4. The zero-order chi connectivity index (χ0) is 15.7. The minimum absolute atomic E-state index is 0.265. The minimum Gasteiger partial charge on any atom is -0.289 e. The molecular formula is C16H18N2O4. The standard InChI is InChI=1S/C16H18N2O4/c19-13-7-11(15(21)17-13)5-9-1-2-10(4-3-9)6-12-8-14(20)18-16(12)22/h7-10H,1-6H2,(H,17,19,21)(H,18,20,22). The van der Waals surface area contributed by atoms with Gasteiger partial charge in [0, 0.05) is 23.3 Å². The van der Waals surface area contributed by atoms with Crippen molar-refractivity contribution in [3.8, 4) is 0 Å². The van der Waals surface area contributed by atoms with Gasteiger partial charge in [-0.25, -0.2) is 0 Å². The van der Waals surface area contributed by atoms with Crippen LogP contribution in [-0.2, 0) is 19.2 Å². The molecule has 1 fully saturated rings. The van der Waals surface area contributed by atoms with E-state index >= 15 is 0 Å². The third-order valence-electron chi connectivity index (χ3n) is 4.65. The summed E-state index contributed by atoms with van der Waals surface area (Å²) in [6.07, 6.45) is 8.00. The third kappa shape index (κ3) is 3.16. The lowest BCUT2D eigenvalue weighted by molar-refractivity contribution is -0.125. The molecule has 1 aliphatic carbocycles. The van der Waals surface area contributed by atoms with Crippen LogP contribution in [0.1, 0.15) is 38.5 Å². The number of carbonyl (C=O) groups excluding carboxylic acids is 4. The van der Waals surface area contributed by atoms with Crippen LogP contribution in [0.25, 0.3) is 0 Å². The lowest BCUT2D eigenvalue weighted by Crippen LogP contribution is -2.24. The van der Waals surface area contributed by atoms with E-state index in [1.165, 1.54) is 12.2 Å². The molecule has 0 aromatic rings. The van der Waals surface area contributed by atoms with E-state index in [0.29, 0.717) is 35.8 Å². The number of nitrogens with one attached hydrogen (secondary N) is 2. The van der Waals surface area contributed by atoms with Crippen LogP contribution >= 0.6 is 0 Å². The van der Waals surface area contributed by atoms with Crippen molar-refractivity contribution in [1.29, 1.82) is 0 Å². The molecule has 3 rings (SSSR count). The molecule has 3 aliphatic rings. The minimum atomic E-state index is -0.322. The van der Waals surface area contributed by atoms with Crippen LogP contribution in [0.5, 0.6) is 0 Å². The average molecular weight is 302 g/mol. The molecule has 2 N–H and O–H groups in total. The van der Waals surface area contributed by atoms with Gasteiger partial charge < -0.3 is 0 Å². The van der Waals surface area contributed by atoms with E-state index in [0.717, 1.165) is 25.7 Å². The Labute approximate surface area is 128 Å². The van der Waals surface area contributed by atoms with Crippen molar-refractivity contribution in [2.75, 3.05) is 0 Å². The van der Waals surface area contributed by atoms with E-state index in [1.807, 2.05) is 0 Å². The summed E-state index contributed by atoms with van der Waals surface area (Å²) in [7, 11) is 0. The van der Waals surface area contributed by atoms with Crippen molar-refractivity contribution in [3.63, 3.8) is 0 Å². The zero-order valence-electron chi connectivity index (χ0n) is 12.2. The summed E-state index contributed by atoms with van der Waals surface area (Å²) in [4.78, 5) is 45.3. The van der Waals surface area contributed by atoms with Gasteiger partial charge in [-0.15, -0.1) is 0 Å². The van der Waals surface area contributed by atoms with E-state index in [-0.39, 0.29) is 23.6 Å². The Morgan fingerprint density at radius 3 is 1.36 bits per heavy atom. The summed E-state index contributed by atoms with van der Waals surface area (Å²) in [6.45, 7) is 0. The van der Waals surface area contributed by atoms with E-state index in [2.05, 4.69) is 10.6 Å². The molecule has 0 aromatic carbocycles. The van der Waals surface area contributed by atoms with Crippen LogP contribution in [0, 0.1) is 11.8 Å². The number of amides is 4. The Morgan fingerprint density at radius 2 is 1.09 bits per heavy atom. The second-order valence-corrected chi connectivity index (χ2v) is 6.27. The summed E-state index contributed by atoms with van der Waals surface area (Å²) in [5.41, 5.74) is 1.16. The van der Waals surface area contributed by atoms with Crippen molar-refractivity contribution >= 4 is 23.6 Å². The van der Waals surface area contributed by atoms with E-state index < -0.39 is 0 Å². The summed E-state index contributed by atoms with van der Waals surface area (Å²) in [5.74, 6) is -0.355. The van der Waals surface area contributed by atoms with Crippen molar-refractivity contribution in [3.05, 3.63) is 23.3 Å². The summed E-state index contributed by atoms with van der Waals surface area (Å²) in [5, 5.41) is 4.54. The fraction of sp³-hybridized carbons (Fsp3) is 0.500. The molecule has 2 aliphatic heterocycles. The first-order valence-electron chi connectivity index (χ1n) is 7.63. The average Bonchev–Trinajstić information content (AvgIpc) is 2.94. The van der Waals surface area contributed by atoms with Gasteiger partial charge in [-0.3, -0.25) is 29.8 Å². The first kappa shape index (κ1) is 14.7. The topological polar surface area (TPSA) is 92.3 Å². The molecule has 0 aromatic heterocycles. The Balaban J connectivity index is 1.49. The summed E-state index contributed by atoms with van der Waals surface area (Å²) < 4.78 is 0. The van der Waals surface area contributed by atoms with Crippen molar-refractivity contribution in [2.24, 2.45) is 11.8 Å². The largest absolute Gasteiger partial charge is 0.289 e. The van der Waals surface area contributed by atoms with Crippen molar-refractivity contribution in [1.82, 2.24) is 10.6 Å². The number of hydrogen-bond acceptors (Lipinski definition) is 4. The van der Waals surface area contributed by atoms with Gasteiger partial charge in [-0.05, 0) is 50.4 Å². The highest BCUT2D eigenvalue weighted by atomic mass is 16.2. The zero-order valence-corrected chi connectivity index (χ0v) is 12.2. The maximum Gasteiger partial charge on any atom is 0.254 e. The van der Waals surface area contributed by atoms with Crippen molar-refractivity contribution < 1.29 is 19.2 Å². The fourth-order valence-electron chi connectivity index (χ4n) is 3.47. The van der Waals surface area contributed by atoms with Gasteiger partial charge in [0.25, 0.3) is 23.6 Å². The van der Waals surface area contributed by atoms with Gasteiger partial charge in [0.1, 0.15) is 0 Å². The molecule has 1 saturated carbocycles. The predicted octanol–water partition coefficient (Wildman–Crippen LogP) is 0.739. The molecule has 6 heteroatoms.